The van der Waals surface area contributed by atoms with Gasteiger partial charge in [-0.3, -0.25) is 9.48 Å². The first-order valence-corrected chi connectivity index (χ1v) is 13.2. The van der Waals surface area contributed by atoms with Crippen molar-refractivity contribution < 1.29 is 22.7 Å². The van der Waals surface area contributed by atoms with E-state index < -0.39 is 17.6 Å². The second-order valence-electron chi connectivity index (χ2n) is 10.5. The lowest BCUT2D eigenvalue weighted by Gasteiger charge is -2.23. The molecule has 2 aromatic heterocycles. The molecular formula is C29H35F3N8O2. The van der Waals surface area contributed by atoms with Gasteiger partial charge in [0, 0.05) is 49.1 Å². The van der Waals surface area contributed by atoms with E-state index in [-0.39, 0.29) is 23.5 Å². The number of aryl methyl sites for hydroxylation is 2. The van der Waals surface area contributed by atoms with Crippen molar-refractivity contribution in [1.82, 2.24) is 34.6 Å². The van der Waals surface area contributed by atoms with Crippen molar-refractivity contribution in [3.63, 3.8) is 0 Å². The third-order valence-corrected chi connectivity index (χ3v) is 7.04. The normalized spacial score (nSPS) is 11.9. The van der Waals surface area contributed by atoms with E-state index in [1.54, 1.807) is 40.0 Å². The van der Waals surface area contributed by atoms with Crippen molar-refractivity contribution in [3.8, 4) is 22.7 Å². The van der Waals surface area contributed by atoms with Crippen LogP contribution in [0.5, 0.6) is 5.75 Å². The van der Waals surface area contributed by atoms with E-state index in [2.05, 4.69) is 20.7 Å². The first kappa shape index (κ1) is 30.7. The highest BCUT2D eigenvalue weighted by Crippen LogP contribution is 2.38. The average molecular weight is 585 g/mol. The van der Waals surface area contributed by atoms with Gasteiger partial charge in [0.05, 0.1) is 36.4 Å². The van der Waals surface area contributed by atoms with Crippen molar-refractivity contribution in [2.24, 2.45) is 7.05 Å². The number of halogens is 3. The minimum Gasteiger partial charge on any atom is -0.494 e. The highest BCUT2D eigenvalue weighted by molar-refractivity contribution is 6.05. The van der Waals surface area contributed by atoms with Gasteiger partial charge in [0.2, 0.25) is 0 Å². The molecule has 224 valence electrons. The molecule has 0 saturated heterocycles. The van der Waals surface area contributed by atoms with Crippen molar-refractivity contribution in [1.29, 1.82) is 0 Å². The number of aromatic nitrogens is 5. The van der Waals surface area contributed by atoms with Gasteiger partial charge in [0.25, 0.3) is 5.91 Å². The van der Waals surface area contributed by atoms with E-state index in [9.17, 15) is 18.0 Å². The molecule has 0 aliphatic carbocycles. The van der Waals surface area contributed by atoms with Gasteiger partial charge in [-0.15, -0.1) is 5.10 Å². The van der Waals surface area contributed by atoms with Gasteiger partial charge in [0.1, 0.15) is 11.4 Å². The minimum absolute atomic E-state index is 0.0643. The van der Waals surface area contributed by atoms with E-state index in [0.717, 1.165) is 35.5 Å². The molecule has 0 aliphatic rings. The first-order chi connectivity index (χ1) is 19.8. The van der Waals surface area contributed by atoms with Crippen molar-refractivity contribution in [2.75, 3.05) is 46.7 Å². The largest absolute Gasteiger partial charge is 0.494 e. The number of amides is 1. The molecule has 0 saturated carbocycles. The number of ether oxygens (including phenoxy) is 1. The summed E-state index contributed by atoms with van der Waals surface area (Å²) in [6.45, 7) is 5.34. The molecule has 1 amide bonds. The number of rotatable bonds is 10. The van der Waals surface area contributed by atoms with Gasteiger partial charge in [-0.1, -0.05) is 11.3 Å². The number of carbonyl (C=O) groups excluding carboxylic acids is 1. The average Bonchev–Trinajstić information content (AvgIpc) is 3.53. The van der Waals surface area contributed by atoms with Gasteiger partial charge in [-0.2, -0.15) is 18.3 Å². The van der Waals surface area contributed by atoms with E-state index >= 15 is 0 Å². The van der Waals surface area contributed by atoms with Crippen molar-refractivity contribution in [3.05, 3.63) is 70.7 Å². The van der Waals surface area contributed by atoms with Gasteiger partial charge in [-0.05, 0) is 64.8 Å². The molecule has 2 aromatic carbocycles. The summed E-state index contributed by atoms with van der Waals surface area (Å²) >= 11 is 0. The Hall–Kier alpha value is -4.23. The van der Waals surface area contributed by atoms with Gasteiger partial charge >= 0.3 is 6.18 Å². The summed E-state index contributed by atoms with van der Waals surface area (Å²) in [6.07, 6.45) is -1.17. The van der Waals surface area contributed by atoms with Crippen LogP contribution < -0.4 is 10.1 Å². The molecule has 13 heteroatoms. The summed E-state index contributed by atoms with van der Waals surface area (Å²) < 4.78 is 50.4. The van der Waals surface area contributed by atoms with Crippen LogP contribution in [-0.4, -0.2) is 81.8 Å². The molecule has 0 bridgehead atoms. The number of hydrogen-bond acceptors (Lipinski definition) is 7. The Morgan fingerprint density at radius 3 is 2.45 bits per heavy atom. The molecule has 2 heterocycles. The summed E-state index contributed by atoms with van der Waals surface area (Å²) in [7, 11) is 8.87. The first-order valence-electron chi connectivity index (χ1n) is 13.2. The second kappa shape index (κ2) is 12.3. The van der Waals surface area contributed by atoms with Crippen LogP contribution in [0.25, 0.3) is 16.9 Å². The van der Waals surface area contributed by atoms with Gasteiger partial charge in [0.15, 0.2) is 0 Å². The zero-order chi connectivity index (χ0) is 30.8. The third kappa shape index (κ3) is 6.80. The van der Waals surface area contributed by atoms with Gasteiger partial charge in [-0.25, -0.2) is 4.68 Å². The van der Waals surface area contributed by atoms with E-state index in [4.69, 9.17) is 4.74 Å². The number of anilines is 1. The van der Waals surface area contributed by atoms with Crippen LogP contribution in [0.4, 0.5) is 18.9 Å². The van der Waals surface area contributed by atoms with Crippen LogP contribution in [0.1, 0.15) is 32.7 Å². The Morgan fingerprint density at radius 2 is 1.83 bits per heavy atom. The van der Waals surface area contributed by atoms with Gasteiger partial charge < -0.3 is 19.9 Å². The molecule has 10 nitrogen and oxygen atoms in total. The van der Waals surface area contributed by atoms with Crippen LogP contribution >= 0.6 is 0 Å². The SMILES string of the molecule is COc1c(CN(C)CCN(C)C)cc(C(F)(F)F)cc1NC(=O)c1ccc(C)c(-n2cc(-c3cnn(C)c3C)nn2)c1. The molecule has 0 radical (unpaired) electrons. The Morgan fingerprint density at radius 1 is 1.10 bits per heavy atom. The molecule has 0 aliphatic heterocycles. The molecule has 4 rings (SSSR count). The standard InChI is InChI=1S/C29H35F3N8O2/c1-18-8-9-20(13-26(18)40-17-25(35-36-40)23-15-33-39(6)19(23)2)28(41)34-24-14-22(29(30,31)32)12-21(27(24)42-7)16-38(5)11-10-37(3)4/h8-9,12-15,17H,10-11,16H2,1-7H3,(H,34,41). The molecule has 1 N–H and O–H groups in total. The highest BCUT2D eigenvalue weighted by atomic mass is 19.4. The monoisotopic (exact) mass is 584 g/mol. The molecule has 4 aromatic rings. The zero-order valence-corrected chi connectivity index (χ0v) is 24.7. The predicted molar refractivity (Wildman–Crippen MR) is 154 cm³/mol. The lowest BCUT2D eigenvalue weighted by molar-refractivity contribution is -0.137. The summed E-state index contributed by atoms with van der Waals surface area (Å²) in [5.74, 6) is -0.419. The second-order valence-corrected chi connectivity index (χ2v) is 10.5. The quantitative estimate of drug-likeness (QED) is 0.292. The maximum atomic E-state index is 13.9. The molecule has 42 heavy (non-hydrogen) atoms. The summed E-state index contributed by atoms with van der Waals surface area (Å²) in [6, 6.07) is 6.93. The number of hydrogen-bond donors (Lipinski definition) is 1. The van der Waals surface area contributed by atoms with E-state index in [0.29, 0.717) is 23.5 Å². The molecular weight excluding hydrogens is 549 g/mol. The fourth-order valence-electron chi connectivity index (χ4n) is 4.49. The topological polar surface area (TPSA) is 93.3 Å². The number of methoxy groups -OCH3 is 1. The van der Waals surface area contributed by atoms with Crippen molar-refractivity contribution in [2.45, 2.75) is 26.6 Å². The van der Waals surface area contributed by atoms with Crippen LogP contribution in [0.15, 0.2) is 42.7 Å². The number of carbonyl (C=O) groups is 1. The van der Waals surface area contributed by atoms with E-state index in [1.807, 2.05) is 51.8 Å². The molecule has 0 unspecified atom stereocenters. The molecule has 0 spiro atoms. The molecule has 0 atom stereocenters. The lowest BCUT2D eigenvalue weighted by Crippen LogP contribution is -2.28. The summed E-state index contributed by atoms with van der Waals surface area (Å²) in [4.78, 5) is 17.3. The lowest BCUT2D eigenvalue weighted by atomic mass is 10.1. The Bertz CT molecular complexity index is 1580. The van der Waals surface area contributed by atoms with E-state index in [1.165, 1.54) is 7.11 Å². The van der Waals surface area contributed by atoms with Crippen LogP contribution in [0.2, 0.25) is 0 Å². The predicted octanol–water partition coefficient (Wildman–Crippen LogP) is 4.56. The Balaban J connectivity index is 1.65. The highest BCUT2D eigenvalue weighted by Gasteiger charge is 2.33. The number of benzene rings is 2. The number of alkyl halides is 3. The minimum atomic E-state index is -4.61. The van der Waals surface area contributed by atoms with Crippen LogP contribution in [0.3, 0.4) is 0 Å². The molecule has 0 fully saturated rings. The smallest absolute Gasteiger partial charge is 0.416 e. The number of likely N-dealkylation sites (N-methyl/N-ethyl adjacent to an activating group) is 2. The zero-order valence-electron chi connectivity index (χ0n) is 24.7. The summed E-state index contributed by atoms with van der Waals surface area (Å²) in [5.41, 5.74) is 3.40. The number of nitrogens with zero attached hydrogens (tertiary/aromatic N) is 7. The van der Waals surface area contributed by atoms with Crippen LogP contribution in [0, 0.1) is 13.8 Å². The fraction of sp³-hybridized carbons (Fsp3) is 0.379. The summed E-state index contributed by atoms with van der Waals surface area (Å²) in [5, 5.41) is 15.4. The Labute approximate surface area is 242 Å². The maximum absolute atomic E-state index is 13.9. The van der Waals surface area contributed by atoms with Crippen molar-refractivity contribution >= 4 is 11.6 Å². The third-order valence-electron chi connectivity index (χ3n) is 7.04. The number of nitrogens with one attached hydrogen (secondary N) is 1. The maximum Gasteiger partial charge on any atom is 0.416 e. The fourth-order valence-corrected chi connectivity index (χ4v) is 4.49. The Kier molecular flexibility index (Phi) is 9.02. The van der Waals surface area contributed by atoms with Crippen LogP contribution in [-0.2, 0) is 19.8 Å².